The molecule has 2 heterocycles. The molecule has 1 aliphatic heterocycles. The van der Waals surface area contributed by atoms with Gasteiger partial charge in [0.2, 0.25) is 0 Å². The molecule has 5 heteroatoms. The molecule has 0 saturated heterocycles. The number of benzene rings is 3. The predicted octanol–water partition coefficient (Wildman–Crippen LogP) is 5.09. The second kappa shape index (κ2) is 7.04. The van der Waals surface area contributed by atoms with Crippen molar-refractivity contribution in [3.8, 4) is 28.1 Å². The number of carbonyl (C=O) groups is 1. The Hall–Kier alpha value is -4.12. The number of aromatic hydroxyl groups is 1. The van der Waals surface area contributed by atoms with E-state index in [1.54, 1.807) is 12.1 Å². The summed E-state index contributed by atoms with van der Waals surface area (Å²) < 4.78 is 1.40. The Labute approximate surface area is 173 Å². The zero-order valence-corrected chi connectivity index (χ0v) is 16.0. The van der Waals surface area contributed by atoms with Crippen molar-refractivity contribution in [3.05, 3.63) is 102 Å². The first-order chi connectivity index (χ1) is 14.6. The molecule has 5 nitrogen and oxygen atoms in total. The summed E-state index contributed by atoms with van der Waals surface area (Å²) in [5.41, 5.74) is 4.77. The normalized spacial score (nSPS) is 13.4. The first kappa shape index (κ1) is 17.9. The highest BCUT2D eigenvalue weighted by molar-refractivity contribution is 6.22. The van der Waals surface area contributed by atoms with E-state index in [9.17, 15) is 15.0 Å². The standard InChI is InChI=1S/C25H18N2O3/c28-19-13-11-17(12-14-19)23-21(29)15-20-22(16-7-3-1-4-8-16)24(26-27(20)25(23)30)18-9-5-2-6-10-18/h1-14,28-29H,15H2. The van der Waals surface area contributed by atoms with Crippen LogP contribution in [0.15, 0.2) is 90.7 Å². The van der Waals surface area contributed by atoms with Gasteiger partial charge in [0.25, 0.3) is 5.91 Å². The Balaban J connectivity index is 1.72. The first-order valence-electron chi connectivity index (χ1n) is 9.62. The number of aliphatic hydroxyl groups excluding tert-OH is 1. The quantitative estimate of drug-likeness (QED) is 0.508. The van der Waals surface area contributed by atoms with Gasteiger partial charge in [-0.15, -0.1) is 0 Å². The number of allylic oxidation sites excluding steroid dienone is 2. The number of nitrogens with zero attached hydrogens (tertiary/aromatic N) is 2. The molecule has 146 valence electrons. The van der Waals surface area contributed by atoms with Gasteiger partial charge in [-0.25, -0.2) is 0 Å². The van der Waals surface area contributed by atoms with E-state index in [-0.39, 0.29) is 29.4 Å². The number of fused-ring (bicyclic) bond motifs is 1. The van der Waals surface area contributed by atoms with Crippen LogP contribution in [0.2, 0.25) is 0 Å². The molecule has 5 rings (SSSR count). The Bertz CT molecular complexity index is 1270. The van der Waals surface area contributed by atoms with Gasteiger partial charge in [0.05, 0.1) is 11.3 Å². The summed E-state index contributed by atoms with van der Waals surface area (Å²) >= 11 is 0. The number of phenols is 1. The summed E-state index contributed by atoms with van der Waals surface area (Å²) in [7, 11) is 0. The third-order valence-electron chi connectivity index (χ3n) is 5.28. The molecule has 0 bridgehead atoms. The molecule has 0 aliphatic carbocycles. The van der Waals surface area contributed by atoms with Crippen LogP contribution in [0.4, 0.5) is 0 Å². The van der Waals surface area contributed by atoms with E-state index < -0.39 is 0 Å². The molecule has 0 unspecified atom stereocenters. The summed E-state index contributed by atoms with van der Waals surface area (Å²) in [6.07, 6.45) is 0.187. The largest absolute Gasteiger partial charge is 0.511 e. The number of hydrogen-bond acceptors (Lipinski definition) is 4. The molecule has 4 aromatic rings. The van der Waals surface area contributed by atoms with E-state index in [1.165, 1.54) is 16.8 Å². The smallest absolute Gasteiger partial charge is 0.282 e. The second-order valence-corrected chi connectivity index (χ2v) is 7.16. The van der Waals surface area contributed by atoms with Crippen LogP contribution >= 0.6 is 0 Å². The van der Waals surface area contributed by atoms with E-state index >= 15 is 0 Å². The van der Waals surface area contributed by atoms with Crippen molar-refractivity contribution in [1.82, 2.24) is 9.78 Å². The highest BCUT2D eigenvalue weighted by Crippen LogP contribution is 2.39. The molecule has 30 heavy (non-hydrogen) atoms. The van der Waals surface area contributed by atoms with Crippen LogP contribution in [0.1, 0.15) is 16.1 Å². The molecular formula is C25H18N2O3. The summed E-state index contributed by atoms with van der Waals surface area (Å²) in [4.78, 5) is 13.4. The second-order valence-electron chi connectivity index (χ2n) is 7.16. The van der Waals surface area contributed by atoms with Crippen molar-refractivity contribution in [1.29, 1.82) is 0 Å². The molecule has 0 fully saturated rings. The van der Waals surface area contributed by atoms with Crippen molar-refractivity contribution in [3.63, 3.8) is 0 Å². The lowest BCUT2D eigenvalue weighted by molar-refractivity contribution is 0.0953. The minimum absolute atomic E-state index is 0.00474. The molecule has 0 saturated carbocycles. The zero-order chi connectivity index (χ0) is 20.7. The maximum absolute atomic E-state index is 13.4. The summed E-state index contributed by atoms with van der Waals surface area (Å²) in [5, 5.41) is 25.0. The molecule has 2 N–H and O–H groups in total. The van der Waals surface area contributed by atoms with Crippen LogP contribution in [0.3, 0.4) is 0 Å². The lowest BCUT2D eigenvalue weighted by Crippen LogP contribution is -2.24. The number of rotatable bonds is 3. The van der Waals surface area contributed by atoms with Crippen molar-refractivity contribution in [2.75, 3.05) is 0 Å². The summed E-state index contributed by atoms with van der Waals surface area (Å²) in [5.74, 6) is -0.298. The highest BCUT2D eigenvalue weighted by Gasteiger charge is 2.32. The average Bonchev–Trinajstić information content (AvgIpc) is 3.16. The number of phenolic OH excluding ortho intramolecular Hbond substituents is 1. The van der Waals surface area contributed by atoms with Gasteiger partial charge in [-0.2, -0.15) is 9.78 Å². The van der Waals surface area contributed by atoms with Crippen molar-refractivity contribution in [2.24, 2.45) is 0 Å². The van der Waals surface area contributed by atoms with Gasteiger partial charge >= 0.3 is 0 Å². The van der Waals surface area contributed by atoms with Gasteiger partial charge in [0.1, 0.15) is 17.2 Å². The van der Waals surface area contributed by atoms with Crippen molar-refractivity contribution in [2.45, 2.75) is 6.42 Å². The molecule has 0 atom stereocenters. The Morgan fingerprint density at radius 2 is 1.33 bits per heavy atom. The van der Waals surface area contributed by atoms with Crippen LogP contribution in [0, 0.1) is 0 Å². The van der Waals surface area contributed by atoms with Gasteiger partial charge in [-0.1, -0.05) is 72.8 Å². The monoisotopic (exact) mass is 394 g/mol. The minimum Gasteiger partial charge on any atom is -0.511 e. The number of aliphatic hydroxyl groups is 1. The number of carbonyl (C=O) groups excluding carboxylic acids is 1. The predicted molar refractivity (Wildman–Crippen MR) is 115 cm³/mol. The first-order valence-corrected chi connectivity index (χ1v) is 9.62. The van der Waals surface area contributed by atoms with Gasteiger partial charge in [0.15, 0.2) is 0 Å². The highest BCUT2D eigenvalue weighted by atomic mass is 16.3. The molecule has 0 amide bonds. The average molecular weight is 394 g/mol. The molecular weight excluding hydrogens is 376 g/mol. The molecule has 0 spiro atoms. The summed E-state index contributed by atoms with van der Waals surface area (Å²) in [6, 6.07) is 25.7. The minimum atomic E-state index is -0.390. The van der Waals surface area contributed by atoms with Crippen LogP contribution in [-0.2, 0) is 6.42 Å². The maximum atomic E-state index is 13.4. The lowest BCUT2D eigenvalue weighted by atomic mass is 9.93. The van der Waals surface area contributed by atoms with Gasteiger partial charge < -0.3 is 10.2 Å². The fourth-order valence-electron chi connectivity index (χ4n) is 3.88. The SMILES string of the molecule is O=C1C(c2ccc(O)cc2)=C(O)Cc2c(-c3ccccc3)c(-c3ccccc3)nn21. The van der Waals surface area contributed by atoms with Crippen LogP contribution in [0.5, 0.6) is 5.75 Å². The van der Waals surface area contributed by atoms with Crippen LogP contribution in [0.25, 0.3) is 28.0 Å². The molecule has 0 radical (unpaired) electrons. The van der Waals surface area contributed by atoms with Crippen LogP contribution in [-0.4, -0.2) is 25.9 Å². The van der Waals surface area contributed by atoms with E-state index in [4.69, 9.17) is 0 Å². The van der Waals surface area contributed by atoms with Gasteiger partial charge in [-0.05, 0) is 23.3 Å². The summed E-state index contributed by atoms with van der Waals surface area (Å²) in [6.45, 7) is 0. The Morgan fingerprint density at radius 1 is 0.733 bits per heavy atom. The van der Waals surface area contributed by atoms with Crippen LogP contribution < -0.4 is 0 Å². The number of aromatic nitrogens is 2. The lowest BCUT2D eigenvalue weighted by Gasteiger charge is -2.18. The van der Waals surface area contributed by atoms with E-state index in [0.29, 0.717) is 17.0 Å². The Morgan fingerprint density at radius 3 is 1.97 bits per heavy atom. The third-order valence-corrected chi connectivity index (χ3v) is 5.28. The fourth-order valence-corrected chi connectivity index (χ4v) is 3.88. The van der Waals surface area contributed by atoms with E-state index in [1.807, 2.05) is 60.7 Å². The maximum Gasteiger partial charge on any atom is 0.282 e. The topological polar surface area (TPSA) is 75.3 Å². The molecule has 3 aromatic carbocycles. The molecule has 1 aliphatic rings. The van der Waals surface area contributed by atoms with Crippen molar-refractivity contribution >= 4 is 11.5 Å². The van der Waals surface area contributed by atoms with Gasteiger partial charge in [0, 0.05) is 17.5 Å². The van der Waals surface area contributed by atoms with E-state index in [2.05, 4.69) is 5.10 Å². The molecule has 1 aromatic heterocycles. The fraction of sp³-hybridized carbons (Fsp3) is 0.0400. The van der Waals surface area contributed by atoms with Gasteiger partial charge in [-0.3, -0.25) is 4.79 Å². The Kier molecular flexibility index (Phi) is 4.21. The third kappa shape index (κ3) is 2.88. The zero-order valence-electron chi connectivity index (χ0n) is 16.0. The van der Waals surface area contributed by atoms with E-state index in [0.717, 1.165) is 16.7 Å². The van der Waals surface area contributed by atoms with Crippen molar-refractivity contribution < 1.29 is 15.0 Å². The number of hydrogen-bond donors (Lipinski definition) is 2.